The van der Waals surface area contributed by atoms with E-state index in [0.29, 0.717) is 4.88 Å². The third kappa shape index (κ3) is 3.10. The van der Waals surface area contributed by atoms with Gasteiger partial charge in [-0.05, 0) is 39.3 Å². The summed E-state index contributed by atoms with van der Waals surface area (Å²) in [5.41, 5.74) is 9.98. The van der Waals surface area contributed by atoms with Crippen molar-refractivity contribution in [1.82, 2.24) is 15.3 Å². The highest BCUT2D eigenvalue weighted by Gasteiger charge is 2.17. The molecule has 0 radical (unpaired) electrons. The molecule has 0 spiro atoms. The third-order valence-electron chi connectivity index (χ3n) is 3.69. The molecule has 3 N–H and O–H groups in total. The summed E-state index contributed by atoms with van der Waals surface area (Å²) in [6.45, 7) is 7.97. The van der Waals surface area contributed by atoms with Crippen LogP contribution in [-0.4, -0.2) is 21.9 Å². The van der Waals surface area contributed by atoms with Gasteiger partial charge in [-0.15, -0.1) is 11.3 Å². The molecular weight excluding hydrogens is 320 g/mol. The predicted molar refractivity (Wildman–Crippen MR) is 99.3 cm³/mol. The molecular formula is C18H20N4OS. The Hall–Kier alpha value is -2.47. The number of anilines is 1. The van der Waals surface area contributed by atoms with Crippen molar-refractivity contribution in [3.05, 3.63) is 40.3 Å². The smallest absolute Gasteiger partial charge is 0.261 e. The van der Waals surface area contributed by atoms with Crippen LogP contribution in [0.5, 0.6) is 0 Å². The SMILES string of the molecule is Cc1ccc(-c2nc(N)nc3sc(C(=O)NC(C)C)cc23)c(C)c1. The van der Waals surface area contributed by atoms with E-state index in [1.807, 2.05) is 39.0 Å². The maximum Gasteiger partial charge on any atom is 0.261 e. The van der Waals surface area contributed by atoms with E-state index in [9.17, 15) is 4.79 Å². The van der Waals surface area contributed by atoms with Gasteiger partial charge in [0.25, 0.3) is 5.91 Å². The molecule has 0 atom stereocenters. The van der Waals surface area contributed by atoms with Crippen molar-refractivity contribution in [3.8, 4) is 11.3 Å². The van der Waals surface area contributed by atoms with Gasteiger partial charge in [0.05, 0.1) is 10.6 Å². The Labute approximate surface area is 144 Å². The second-order valence-corrected chi connectivity index (χ2v) is 7.24. The summed E-state index contributed by atoms with van der Waals surface area (Å²) in [5.74, 6) is 0.119. The molecule has 0 aliphatic carbocycles. The van der Waals surface area contributed by atoms with E-state index >= 15 is 0 Å². The summed E-state index contributed by atoms with van der Waals surface area (Å²) < 4.78 is 0. The first-order chi connectivity index (χ1) is 11.3. The number of aromatic nitrogens is 2. The van der Waals surface area contributed by atoms with Crippen molar-refractivity contribution in [2.45, 2.75) is 33.7 Å². The van der Waals surface area contributed by atoms with E-state index in [4.69, 9.17) is 5.73 Å². The summed E-state index contributed by atoms with van der Waals surface area (Å²) in [5, 5.41) is 3.76. The van der Waals surface area contributed by atoms with Crippen molar-refractivity contribution in [3.63, 3.8) is 0 Å². The molecule has 0 saturated heterocycles. The quantitative estimate of drug-likeness (QED) is 0.762. The second kappa shape index (κ2) is 6.20. The molecule has 0 aliphatic heterocycles. The molecule has 1 amide bonds. The van der Waals surface area contributed by atoms with Gasteiger partial charge in [0, 0.05) is 17.0 Å². The summed E-state index contributed by atoms with van der Waals surface area (Å²) in [6, 6.07) is 8.13. The third-order valence-corrected chi connectivity index (χ3v) is 4.72. The fourth-order valence-corrected chi connectivity index (χ4v) is 3.61. The number of nitrogens with zero attached hydrogens (tertiary/aromatic N) is 2. The van der Waals surface area contributed by atoms with Crippen LogP contribution < -0.4 is 11.1 Å². The lowest BCUT2D eigenvalue weighted by atomic mass is 10.0. The number of fused-ring (bicyclic) bond motifs is 1. The Morgan fingerprint density at radius 2 is 1.96 bits per heavy atom. The van der Waals surface area contributed by atoms with Gasteiger partial charge in [-0.2, -0.15) is 0 Å². The lowest BCUT2D eigenvalue weighted by Crippen LogP contribution is -2.29. The normalized spacial score (nSPS) is 11.2. The minimum atomic E-state index is -0.0989. The summed E-state index contributed by atoms with van der Waals surface area (Å²) in [7, 11) is 0. The largest absolute Gasteiger partial charge is 0.368 e. The zero-order chi connectivity index (χ0) is 17.4. The van der Waals surface area contributed by atoms with Crippen molar-refractivity contribution < 1.29 is 4.79 Å². The van der Waals surface area contributed by atoms with E-state index in [2.05, 4.69) is 28.3 Å². The second-order valence-electron chi connectivity index (χ2n) is 6.21. The first-order valence-electron chi connectivity index (χ1n) is 7.80. The number of carbonyl (C=O) groups is 1. The van der Waals surface area contributed by atoms with Gasteiger partial charge in [0.2, 0.25) is 5.95 Å². The van der Waals surface area contributed by atoms with E-state index < -0.39 is 0 Å². The van der Waals surface area contributed by atoms with Gasteiger partial charge in [0.1, 0.15) is 4.83 Å². The number of carbonyl (C=O) groups excluding carboxylic acids is 1. The standard InChI is InChI=1S/C18H20N4OS/c1-9(2)20-16(23)14-8-13-15(21-18(19)22-17(13)24-14)12-6-5-10(3)7-11(12)4/h5-9H,1-4H3,(H,20,23)(H2,19,21,22). The average molecular weight is 340 g/mol. The molecule has 0 unspecified atom stereocenters. The molecule has 1 aromatic carbocycles. The lowest BCUT2D eigenvalue weighted by Gasteiger charge is -2.08. The summed E-state index contributed by atoms with van der Waals surface area (Å²) >= 11 is 1.34. The molecule has 0 saturated carbocycles. The van der Waals surface area contributed by atoms with Crippen LogP contribution in [0.15, 0.2) is 24.3 Å². The molecule has 3 aromatic rings. The molecule has 3 rings (SSSR count). The van der Waals surface area contributed by atoms with Gasteiger partial charge < -0.3 is 11.1 Å². The Kier molecular flexibility index (Phi) is 4.24. The number of amides is 1. The Morgan fingerprint density at radius 3 is 2.62 bits per heavy atom. The number of aryl methyl sites for hydroxylation is 2. The van der Waals surface area contributed by atoms with Crippen molar-refractivity contribution in [1.29, 1.82) is 0 Å². The van der Waals surface area contributed by atoms with Crippen LogP contribution in [-0.2, 0) is 0 Å². The molecule has 0 fully saturated rings. The zero-order valence-electron chi connectivity index (χ0n) is 14.2. The maximum absolute atomic E-state index is 12.3. The van der Waals surface area contributed by atoms with Crippen molar-refractivity contribution >= 4 is 33.4 Å². The Bertz CT molecular complexity index is 930. The molecule has 6 heteroatoms. The van der Waals surface area contributed by atoms with E-state index in [1.54, 1.807) is 0 Å². The highest BCUT2D eigenvalue weighted by molar-refractivity contribution is 7.20. The van der Waals surface area contributed by atoms with E-state index in [-0.39, 0.29) is 17.9 Å². The number of hydrogen-bond acceptors (Lipinski definition) is 5. The molecule has 2 heterocycles. The van der Waals surface area contributed by atoms with Crippen molar-refractivity contribution in [2.24, 2.45) is 0 Å². The summed E-state index contributed by atoms with van der Waals surface area (Å²) in [4.78, 5) is 22.4. The van der Waals surface area contributed by atoms with Crippen molar-refractivity contribution in [2.75, 3.05) is 5.73 Å². The van der Waals surface area contributed by atoms with E-state index in [0.717, 1.165) is 27.0 Å². The molecule has 24 heavy (non-hydrogen) atoms. The van der Waals surface area contributed by atoms with Crippen LogP contribution in [0, 0.1) is 13.8 Å². The van der Waals surface area contributed by atoms with Gasteiger partial charge >= 0.3 is 0 Å². The fourth-order valence-electron chi connectivity index (χ4n) is 2.67. The van der Waals surface area contributed by atoms with E-state index in [1.165, 1.54) is 16.9 Å². The minimum absolute atomic E-state index is 0.0812. The lowest BCUT2D eigenvalue weighted by molar-refractivity contribution is 0.0947. The number of thiophene rings is 1. The highest BCUT2D eigenvalue weighted by Crippen LogP contribution is 2.34. The topological polar surface area (TPSA) is 80.9 Å². The minimum Gasteiger partial charge on any atom is -0.368 e. The highest BCUT2D eigenvalue weighted by atomic mass is 32.1. The Balaban J connectivity index is 2.17. The Morgan fingerprint density at radius 1 is 1.21 bits per heavy atom. The predicted octanol–water partition coefficient (Wildman–Crippen LogP) is 3.70. The molecule has 0 aliphatic rings. The average Bonchev–Trinajstić information content (AvgIpc) is 2.90. The number of nitrogen functional groups attached to an aromatic ring is 1. The van der Waals surface area contributed by atoms with Gasteiger partial charge in [0.15, 0.2) is 0 Å². The van der Waals surface area contributed by atoms with Crippen LogP contribution in [0.4, 0.5) is 5.95 Å². The molecule has 5 nitrogen and oxygen atoms in total. The maximum atomic E-state index is 12.3. The summed E-state index contributed by atoms with van der Waals surface area (Å²) in [6.07, 6.45) is 0. The van der Waals surface area contributed by atoms with Crippen LogP contribution in [0.2, 0.25) is 0 Å². The number of benzene rings is 1. The number of rotatable bonds is 3. The number of nitrogens with two attached hydrogens (primary N) is 1. The van der Waals surface area contributed by atoms with Crippen LogP contribution in [0.1, 0.15) is 34.6 Å². The van der Waals surface area contributed by atoms with Crippen LogP contribution in [0.3, 0.4) is 0 Å². The first-order valence-corrected chi connectivity index (χ1v) is 8.62. The van der Waals surface area contributed by atoms with Gasteiger partial charge in [-0.3, -0.25) is 4.79 Å². The molecule has 0 bridgehead atoms. The molecule has 2 aromatic heterocycles. The first kappa shape index (κ1) is 16.4. The van der Waals surface area contributed by atoms with Gasteiger partial charge in [-0.25, -0.2) is 9.97 Å². The fraction of sp³-hybridized carbons (Fsp3) is 0.278. The number of hydrogen-bond donors (Lipinski definition) is 2. The monoisotopic (exact) mass is 340 g/mol. The van der Waals surface area contributed by atoms with Gasteiger partial charge in [-0.1, -0.05) is 23.8 Å². The zero-order valence-corrected chi connectivity index (χ0v) is 15.0. The number of nitrogens with one attached hydrogen (secondary N) is 1. The van der Waals surface area contributed by atoms with Crippen LogP contribution in [0.25, 0.3) is 21.5 Å². The van der Waals surface area contributed by atoms with Crippen LogP contribution >= 0.6 is 11.3 Å². The molecule has 124 valence electrons.